The molecular formula is C14H20FN3OS. The van der Waals surface area contributed by atoms with E-state index < -0.39 is 5.82 Å². The second-order valence-corrected chi connectivity index (χ2v) is 5.15. The number of thiocarbonyl (C=S) groups is 1. The third-order valence-electron chi connectivity index (χ3n) is 2.91. The Morgan fingerprint density at radius 1 is 1.40 bits per heavy atom. The Bertz CT molecular complexity index is 493. The van der Waals surface area contributed by atoms with E-state index >= 15 is 0 Å². The third kappa shape index (κ3) is 5.22. The molecule has 4 nitrogen and oxygen atoms in total. The van der Waals surface area contributed by atoms with Gasteiger partial charge in [0.25, 0.3) is 0 Å². The van der Waals surface area contributed by atoms with Gasteiger partial charge in [-0.1, -0.05) is 31.6 Å². The van der Waals surface area contributed by atoms with Crippen LogP contribution in [0, 0.1) is 5.82 Å². The lowest BCUT2D eigenvalue weighted by molar-refractivity contribution is -0.119. The van der Waals surface area contributed by atoms with E-state index in [2.05, 4.69) is 6.92 Å². The predicted octanol–water partition coefficient (Wildman–Crippen LogP) is 1.55. The molecule has 0 saturated heterocycles. The van der Waals surface area contributed by atoms with Gasteiger partial charge in [0.05, 0.1) is 6.54 Å². The molecule has 1 amide bonds. The summed E-state index contributed by atoms with van der Waals surface area (Å²) in [6, 6.07) is 4.63. The van der Waals surface area contributed by atoms with E-state index in [1.165, 1.54) is 6.07 Å². The number of benzene rings is 1. The molecule has 1 aromatic carbocycles. The van der Waals surface area contributed by atoms with Crippen LogP contribution in [0.25, 0.3) is 0 Å². The van der Waals surface area contributed by atoms with E-state index in [0.29, 0.717) is 6.54 Å². The number of hydrogen-bond acceptors (Lipinski definition) is 3. The van der Waals surface area contributed by atoms with Crippen molar-refractivity contribution in [2.75, 3.05) is 13.1 Å². The Morgan fingerprint density at radius 3 is 2.65 bits per heavy atom. The quantitative estimate of drug-likeness (QED) is 0.714. The normalized spacial score (nSPS) is 10.8. The average molecular weight is 297 g/mol. The minimum Gasteiger partial charge on any atom is -0.389 e. The van der Waals surface area contributed by atoms with Crippen molar-refractivity contribution in [2.24, 2.45) is 11.5 Å². The van der Waals surface area contributed by atoms with Gasteiger partial charge in [0.2, 0.25) is 5.91 Å². The van der Waals surface area contributed by atoms with E-state index in [4.69, 9.17) is 23.7 Å². The molecule has 0 bridgehead atoms. The maximum atomic E-state index is 13.5. The molecule has 0 heterocycles. The largest absolute Gasteiger partial charge is 0.389 e. The summed E-state index contributed by atoms with van der Waals surface area (Å²) in [5.41, 5.74) is 11.8. The van der Waals surface area contributed by atoms with Crippen molar-refractivity contribution in [3.8, 4) is 0 Å². The standard InChI is InChI=1S/C14H20FN3OS/c1-2-3-6-18(9-13(16)19)8-10-4-5-12(15)11(7-10)14(17)20/h4-5,7H,2-3,6,8-9H2,1H3,(H2,16,19)(H2,17,20). The van der Waals surface area contributed by atoms with Crippen LogP contribution in [0.15, 0.2) is 18.2 Å². The van der Waals surface area contributed by atoms with Gasteiger partial charge < -0.3 is 11.5 Å². The van der Waals surface area contributed by atoms with Crippen molar-refractivity contribution < 1.29 is 9.18 Å². The molecule has 1 aromatic rings. The second kappa shape index (κ2) is 7.91. The van der Waals surface area contributed by atoms with Crippen LogP contribution in [0.5, 0.6) is 0 Å². The highest BCUT2D eigenvalue weighted by Crippen LogP contribution is 2.13. The molecule has 20 heavy (non-hydrogen) atoms. The van der Waals surface area contributed by atoms with Crippen molar-refractivity contribution in [1.29, 1.82) is 0 Å². The topological polar surface area (TPSA) is 72.3 Å². The minimum atomic E-state index is -0.434. The molecule has 4 N–H and O–H groups in total. The van der Waals surface area contributed by atoms with Gasteiger partial charge in [-0.05, 0) is 30.7 Å². The zero-order valence-electron chi connectivity index (χ0n) is 11.6. The monoisotopic (exact) mass is 297 g/mol. The molecule has 0 aromatic heterocycles. The fraction of sp³-hybridized carbons (Fsp3) is 0.429. The van der Waals surface area contributed by atoms with Crippen LogP contribution in [0.2, 0.25) is 0 Å². The number of amides is 1. The number of primary amides is 1. The number of halogens is 1. The highest BCUT2D eigenvalue weighted by atomic mass is 32.1. The van der Waals surface area contributed by atoms with Gasteiger partial charge in [-0.3, -0.25) is 9.69 Å². The molecule has 6 heteroatoms. The number of nitrogens with two attached hydrogens (primary N) is 2. The molecular weight excluding hydrogens is 277 g/mol. The van der Waals surface area contributed by atoms with Gasteiger partial charge in [0, 0.05) is 12.1 Å². The summed E-state index contributed by atoms with van der Waals surface area (Å²) >= 11 is 4.81. The van der Waals surface area contributed by atoms with Gasteiger partial charge in [-0.15, -0.1) is 0 Å². The molecule has 0 saturated carbocycles. The zero-order chi connectivity index (χ0) is 15.1. The Morgan fingerprint density at radius 2 is 2.10 bits per heavy atom. The molecule has 0 atom stereocenters. The van der Waals surface area contributed by atoms with Crippen LogP contribution < -0.4 is 11.5 Å². The second-order valence-electron chi connectivity index (χ2n) is 4.71. The summed E-state index contributed by atoms with van der Waals surface area (Å²) in [6.07, 6.45) is 1.99. The molecule has 110 valence electrons. The number of unbranched alkanes of at least 4 members (excludes halogenated alkanes) is 1. The average Bonchev–Trinajstić information content (AvgIpc) is 2.37. The first-order valence-corrected chi connectivity index (χ1v) is 6.93. The number of nitrogens with zero attached hydrogens (tertiary/aromatic N) is 1. The Kier molecular flexibility index (Phi) is 6.54. The van der Waals surface area contributed by atoms with Crippen LogP contribution in [0.3, 0.4) is 0 Å². The summed E-state index contributed by atoms with van der Waals surface area (Å²) in [4.78, 5) is 13.0. The van der Waals surface area contributed by atoms with Gasteiger partial charge in [-0.25, -0.2) is 4.39 Å². The Balaban J connectivity index is 2.84. The lowest BCUT2D eigenvalue weighted by Gasteiger charge is -2.20. The predicted molar refractivity (Wildman–Crippen MR) is 81.7 cm³/mol. The third-order valence-corrected chi connectivity index (χ3v) is 3.13. The molecule has 0 aliphatic heterocycles. The van der Waals surface area contributed by atoms with Gasteiger partial charge in [0.15, 0.2) is 0 Å². The van der Waals surface area contributed by atoms with Crippen LogP contribution in [-0.2, 0) is 11.3 Å². The van der Waals surface area contributed by atoms with Gasteiger partial charge in [0.1, 0.15) is 10.8 Å². The van der Waals surface area contributed by atoms with Crippen LogP contribution in [-0.4, -0.2) is 28.9 Å². The minimum absolute atomic E-state index is 0.0272. The molecule has 0 aliphatic rings. The zero-order valence-corrected chi connectivity index (χ0v) is 12.4. The van der Waals surface area contributed by atoms with Gasteiger partial charge in [-0.2, -0.15) is 0 Å². The summed E-state index contributed by atoms with van der Waals surface area (Å²) in [5.74, 6) is -0.811. The van der Waals surface area contributed by atoms with Crippen LogP contribution in [0.4, 0.5) is 4.39 Å². The number of carbonyl (C=O) groups excluding carboxylic acids is 1. The first-order valence-electron chi connectivity index (χ1n) is 6.53. The van der Waals surface area contributed by atoms with Gasteiger partial charge >= 0.3 is 0 Å². The fourth-order valence-electron chi connectivity index (χ4n) is 1.93. The molecule has 0 fully saturated rings. The summed E-state index contributed by atoms with van der Waals surface area (Å²) in [5, 5.41) is 0. The van der Waals surface area contributed by atoms with E-state index in [0.717, 1.165) is 24.9 Å². The van der Waals surface area contributed by atoms with Crippen LogP contribution in [0.1, 0.15) is 30.9 Å². The van der Waals surface area contributed by atoms with Crippen molar-refractivity contribution in [3.63, 3.8) is 0 Å². The highest BCUT2D eigenvalue weighted by Gasteiger charge is 2.11. The first-order chi connectivity index (χ1) is 9.43. The molecule has 0 spiro atoms. The van der Waals surface area contributed by atoms with E-state index in [9.17, 15) is 9.18 Å². The van der Waals surface area contributed by atoms with E-state index in [-0.39, 0.29) is 23.0 Å². The fourth-order valence-corrected chi connectivity index (χ4v) is 2.09. The van der Waals surface area contributed by atoms with Crippen molar-refractivity contribution in [1.82, 2.24) is 4.90 Å². The Labute approximate surface area is 123 Å². The summed E-state index contributed by atoms with van der Waals surface area (Å²) in [6.45, 7) is 3.53. The van der Waals surface area contributed by atoms with Crippen molar-refractivity contribution >= 4 is 23.1 Å². The Hall–Kier alpha value is -1.53. The van der Waals surface area contributed by atoms with Crippen molar-refractivity contribution in [3.05, 3.63) is 35.1 Å². The van der Waals surface area contributed by atoms with Crippen LogP contribution >= 0.6 is 12.2 Å². The number of carbonyl (C=O) groups is 1. The number of rotatable bonds is 8. The van der Waals surface area contributed by atoms with E-state index in [1.807, 2.05) is 4.90 Å². The van der Waals surface area contributed by atoms with E-state index in [1.54, 1.807) is 12.1 Å². The maximum absolute atomic E-state index is 13.5. The SMILES string of the molecule is CCCCN(CC(N)=O)Cc1ccc(F)c(C(N)=S)c1. The maximum Gasteiger partial charge on any atom is 0.231 e. The highest BCUT2D eigenvalue weighted by molar-refractivity contribution is 7.80. The summed E-state index contributed by atoms with van der Waals surface area (Å²) in [7, 11) is 0. The molecule has 1 rings (SSSR count). The number of hydrogen-bond donors (Lipinski definition) is 2. The first kappa shape index (κ1) is 16.5. The molecule has 0 aliphatic carbocycles. The lowest BCUT2D eigenvalue weighted by Crippen LogP contribution is -2.34. The smallest absolute Gasteiger partial charge is 0.231 e. The van der Waals surface area contributed by atoms with Crippen molar-refractivity contribution in [2.45, 2.75) is 26.3 Å². The summed E-state index contributed by atoms with van der Waals surface area (Å²) < 4.78 is 13.5. The molecule has 0 unspecified atom stereocenters. The lowest BCUT2D eigenvalue weighted by atomic mass is 10.1. The molecule has 0 radical (unpaired) electrons.